The number of hydrogen-bond acceptors (Lipinski definition) is 7. The molecule has 1 aliphatic rings. The summed E-state index contributed by atoms with van der Waals surface area (Å²) >= 11 is 0. The second kappa shape index (κ2) is 7.93. The van der Waals surface area contributed by atoms with E-state index in [0.29, 0.717) is 5.56 Å². The summed E-state index contributed by atoms with van der Waals surface area (Å²) in [6, 6.07) is 4.15. The van der Waals surface area contributed by atoms with Crippen LogP contribution >= 0.6 is 0 Å². The van der Waals surface area contributed by atoms with E-state index in [9.17, 15) is 24.8 Å². The lowest BCUT2D eigenvalue weighted by Crippen LogP contribution is -2.36. The number of nitro benzene ring substituents is 1. The Morgan fingerprint density at radius 1 is 1.32 bits per heavy atom. The van der Waals surface area contributed by atoms with Gasteiger partial charge in [0.15, 0.2) is 5.75 Å². The number of carbonyl (C=O) groups excluding carboxylic acids is 1. The number of ether oxygens (including phenoxy) is 2. The van der Waals surface area contributed by atoms with Gasteiger partial charge in [-0.25, -0.2) is 0 Å². The van der Waals surface area contributed by atoms with E-state index in [0.717, 1.165) is 0 Å². The van der Waals surface area contributed by atoms with Crippen LogP contribution in [0.25, 0.3) is 0 Å². The van der Waals surface area contributed by atoms with Gasteiger partial charge in [-0.3, -0.25) is 19.7 Å². The quantitative estimate of drug-likeness (QED) is 0.447. The van der Waals surface area contributed by atoms with Gasteiger partial charge in [-0.05, 0) is 24.5 Å². The summed E-state index contributed by atoms with van der Waals surface area (Å²) < 4.78 is 10.4. The highest BCUT2D eigenvalue weighted by molar-refractivity contribution is 5.70. The number of nitro groups is 1. The summed E-state index contributed by atoms with van der Waals surface area (Å²) in [5.41, 5.74) is 0.123. The van der Waals surface area contributed by atoms with Crippen molar-refractivity contribution in [1.29, 1.82) is 0 Å². The minimum atomic E-state index is -1.03. The van der Waals surface area contributed by atoms with Crippen LogP contribution in [0.2, 0.25) is 0 Å². The largest absolute Gasteiger partial charge is 0.483 e. The second-order valence-corrected chi connectivity index (χ2v) is 5.98. The van der Waals surface area contributed by atoms with Crippen molar-refractivity contribution in [2.75, 3.05) is 0 Å². The first kappa shape index (κ1) is 18.7. The molecule has 0 bridgehead atoms. The topological polar surface area (TPSA) is 136 Å². The van der Waals surface area contributed by atoms with Crippen LogP contribution in [-0.4, -0.2) is 39.3 Å². The Kier molecular flexibility index (Phi) is 5.92. The molecule has 1 fully saturated rings. The Balaban J connectivity index is 2.16. The monoisotopic (exact) mass is 353 g/mol. The van der Waals surface area contributed by atoms with Crippen molar-refractivity contribution in [3.05, 3.63) is 33.9 Å². The zero-order valence-corrected chi connectivity index (χ0v) is 13.6. The molecule has 0 spiro atoms. The Morgan fingerprint density at radius 2 is 2.04 bits per heavy atom. The van der Waals surface area contributed by atoms with Gasteiger partial charge >= 0.3 is 17.6 Å². The second-order valence-electron chi connectivity index (χ2n) is 5.98. The number of rotatable bonds is 6. The molecule has 25 heavy (non-hydrogen) atoms. The van der Waals surface area contributed by atoms with E-state index in [1.54, 1.807) is 0 Å². The van der Waals surface area contributed by atoms with Gasteiger partial charge in [-0.2, -0.15) is 0 Å². The van der Waals surface area contributed by atoms with Gasteiger partial charge in [0.05, 0.1) is 16.9 Å². The number of nitrogens with zero attached hydrogens (tertiary/aromatic N) is 1. The number of carbonyl (C=O) groups is 2. The fourth-order valence-corrected chi connectivity index (χ4v) is 2.80. The molecule has 0 amide bonds. The molecule has 0 saturated heterocycles. The Hall–Kier alpha value is -2.68. The molecule has 3 unspecified atom stereocenters. The van der Waals surface area contributed by atoms with Gasteiger partial charge in [-0.1, -0.05) is 6.07 Å². The maximum atomic E-state index is 11.3. The number of aliphatic hydroxyl groups excluding tert-OH is 1. The summed E-state index contributed by atoms with van der Waals surface area (Å²) in [4.78, 5) is 32.6. The van der Waals surface area contributed by atoms with Gasteiger partial charge in [0.1, 0.15) is 12.7 Å². The van der Waals surface area contributed by atoms with E-state index in [4.69, 9.17) is 14.6 Å². The molecular weight excluding hydrogens is 334 g/mol. The van der Waals surface area contributed by atoms with Crippen molar-refractivity contribution >= 4 is 17.6 Å². The summed E-state index contributed by atoms with van der Waals surface area (Å²) in [5, 5.41) is 30.2. The number of benzene rings is 1. The standard InChI is InChI=1S/C16H19NO8/c1-9(18)24-8-10-2-3-15(14(4-10)17(22)23)25-13-6-11(16(20)21)5-12(19)7-13/h2-4,11-13,19H,5-8H2,1H3,(H,20,21). The first-order valence-electron chi connectivity index (χ1n) is 7.74. The van der Waals surface area contributed by atoms with Gasteiger partial charge in [0.2, 0.25) is 0 Å². The fraction of sp³-hybridized carbons (Fsp3) is 0.500. The predicted molar refractivity (Wildman–Crippen MR) is 84.0 cm³/mol. The average Bonchev–Trinajstić information content (AvgIpc) is 2.53. The molecule has 1 aromatic carbocycles. The molecule has 1 saturated carbocycles. The van der Waals surface area contributed by atoms with Crippen molar-refractivity contribution < 1.29 is 34.2 Å². The smallest absolute Gasteiger partial charge is 0.311 e. The molecule has 9 heteroatoms. The summed E-state index contributed by atoms with van der Waals surface area (Å²) in [6.45, 7) is 1.14. The highest BCUT2D eigenvalue weighted by Gasteiger charge is 2.34. The number of carboxylic acids is 1. The van der Waals surface area contributed by atoms with Crippen LogP contribution in [-0.2, 0) is 20.9 Å². The highest BCUT2D eigenvalue weighted by atomic mass is 16.6. The SMILES string of the molecule is CC(=O)OCc1ccc(OC2CC(O)CC(C(=O)O)C2)c([N+](=O)[O-])c1. The van der Waals surface area contributed by atoms with E-state index in [1.165, 1.54) is 25.1 Å². The lowest BCUT2D eigenvalue weighted by molar-refractivity contribution is -0.386. The molecule has 0 aliphatic heterocycles. The summed E-state index contributed by atoms with van der Waals surface area (Å²) in [6.07, 6.45) is -0.960. The first-order chi connectivity index (χ1) is 11.8. The van der Waals surface area contributed by atoms with Gasteiger partial charge in [0, 0.05) is 19.4 Å². The fourth-order valence-electron chi connectivity index (χ4n) is 2.80. The van der Waals surface area contributed by atoms with Crippen molar-refractivity contribution in [1.82, 2.24) is 0 Å². The lowest BCUT2D eigenvalue weighted by atomic mass is 9.85. The molecular formula is C16H19NO8. The molecule has 2 rings (SSSR count). The van der Waals surface area contributed by atoms with Crippen molar-refractivity contribution in [3.63, 3.8) is 0 Å². The maximum Gasteiger partial charge on any atom is 0.311 e. The molecule has 1 aromatic rings. The third kappa shape index (κ3) is 5.15. The minimum Gasteiger partial charge on any atom is -0.483 e. The Bertz CT molecular complexity index is 674. The zero-order valence-electron chi connectivity index (χ0n) is 13.6. The van der Waals surface area contributed by atoms with Crippen LogP contribution < -0.4 is 4.74 Å². The number of esters is 1. The number of hydrogen-bond donors (Lipinski definition) is 2. The van der Waals surface area contributed by atoms with Gasteiger partial charge < -0.3 is 19.7 Å². The van der Waals surface area contributed by atoms with Crippen LogP contribution in [0.5, 0.6) is 5.75 Å². The Morgan fingerprint density at radius 3 is 2.64 bits per heavy atom. The number of aliphatic carboxylic acids is 1. The van der Waals surface area contributed by atoms with Crippen molar-refractivity contribution in [2.24, 2.45) is 5.92 Å². The molecule has 0 radical (unpaired) electrons. The van der Waals surface area contributed by atoms with E-state index >= 15 is 0 Å². The summed E-state index contributed by atoms with van der Waals surface area (Å²) in [7, 11) is 0. The van der Waals surface area contributed by atoms with Crippen molar-refractivity contribution in [2.45, 2.75) is 45.0 Å². The minimum absolute atomic E-state index is 0.0141. The molecule has 0 heterocycles. The molecule has 9 nitrogen and oxygen atoms in total. The lowest BCUT2D eigenvalue weighted by Gasteiger charge is -2.30. The molecule has 2 N–H and O–H groups in total. The predicted octanol–water partition coefficient (Wildman–Crippen LogP) is 1.65. The zero-order chi connectivity index (χ0) is 18.6. The molecule has 1 aliphatic carbocycles. The average molecular weight is 353 g/mol. The van der Waals surface area contributed by atoms with E-state index in [2.05, 4.69) is 0 Å². The van der Waals surface area contributed by atoms with Crippen LogP contribution in [0, 0.1) is 16.0 Å². The van der Waals surface area contributed by atoms with E-state index in [-0.39, 0.29) is 37.3 Å². The van der Waals surface area contributed by atoms with Crippen LogP contribution in [0.3, 0.4) is 0 Å². The van der Waals surface area contributed by atoms with Gasteiger partial charge in [0.25, 0.3) is 0 Å². The highest BCUT2D eigenvalue weighted by Crippen LogP contribution is 2.33. The molecule has 3 atom stereocenters. The van der Waals surface area contributed by atoms with Crippen LogP contribution in [0.15, 0.2) is 18.2 Å². The third-order valence-electron chi connectivity index (χ3n) is 3.94. The summed E-state index contributed by atoms with van der Waals surface area (Å²) in [5.74, 6) is -2.30. The van der Waals surface area contributed by atoms with Crippen LogP contribution in [0.1, 0.15) is 31.7 Å². The number of carboxylic acid groups (broad SMARTS) is 1. The van der Waals surface area contributed by atoms with Crippen LogP contribution in [0.4, 0.5) is 5.69 Å². The van der Waals surface area contributed by atoms with Gasteiger partial charge in [-0.15, -0.1) is 0 Å². The normalized spacial score (nSPS) is 22.9. The number of aliphatic hydroxyl groups is 1. The van der Waals surface area contributed by atoms with E-state index in [1.807, 2.05) is 0 Å². The van der Waals surface area contributed by atoms with Crippen molar-refractivity contribution in [3.8, 4) is 5.75 Å². The third-order valence-corrected chi connectivity index (χ3v) is 3.94. The maximum absolute atomic E-state index is 11.3. The van der Waals surface area contributed by atoms with E-state index < -0.39 is 35.0 Å². The first-order valence-corrected chi connectivity index (χ1v) is 7.74. The molecule has 136 valence electrons. The molecule has 0 aromatic heterocycles. The Labute approximate surface area is 143 Å².